The Hall–Kier alpha value is -2.08. The number of nitrogens with zero attached hydrogens (tertiary/aromatic N) is 1. The average Bonchev–Trinajstić information content (AvgIpc) is 2.51. The molecule has 0 aromatic heterocycles. The third kappa shape index (κ3) is 4.21. The molecule has 22 heavy (non-hydrogen) atoms. The van der Waals surface area contributed by atoms with Gasteiger partial charge in [0, 0.05) is 19.6 Å². The Labute approximate surface area is 130 Å². The van der Waals surface area contributed by atoms with Gasteiger partial charge in [0.15, 0.2) is 0 Å². The molecular weight excluding hydrogens is 284 g/mol. The summed E-state index contributed by atoms with van der Waals surface area (Å²) in [6.07, 6.45) is -0.107. The van der Waals surface area contributed by atoms with Gasteiger partial charge in [0.25, 0.3) is 0 Å². The zero-order chi connectivity index (χ0) is 16.1. The van der Waals surface area contributed by atoms with Crippen molar-refractivity contribution >= 4 is 11.8 Å². The van der Waals surface area contributed by atoms with Gasteiger partial charge >= 0.3 is 11.8 Å². The van der Waals surface area contributed by atoms with Crippen molar-refractivity contribution in [3.63, 3.8) is 0 Å². The predicted octanol–water partition coefficient (Wildman–Crippen LogP) is 0.947. The van der Waals surface area contributed by atoms with Crippen molar-refractivity contribution in [1.82, 2.24) is 10.2 Å². The van der Waals surface area contributed by atoms with Gasteiger partial charge in [0.1, 0.15) is 5.75 Å². The van der Waals surface area contributed by atoms with Crippen LogP contribution in [-0.2, 0) is 20.9 Å². The molecule has 6 nitrogen and oxygen atoms in total. The van der Waals surface area contributed by atoms with Gasteiger partial charge in [0.2, 0.25) is 0 Å². The lowest BCUT2D eigenvalue weighted by Gasteiger charge is -2.34. The Morgan fingerprint density at radius 1 is 1.23 bits per heavy atom. The minimum atomic E-state index is -0.586. The smallest absolute Gasteiger partial charge is 0.312 e. The summed E-state index contributed by atoms with van der Waals surface area (Å²) in [5.41, 5.74) is 0.908. The quantitative estimate of drug-likeness (QED) is 0.844. The number of methoxy groups -OCH3 is 1. The molecule has 120 valence electrons. The first-order chi connectivity index (χ1) is 10.5. The van der Waals surface area contributed by atoms with Crippen LogP contribution in [0.4, 0.5) is 0 Å². The van der Waals surface area contributed by atoms with Crippen LogP contribution in [0.2, 0.25) is 0 Å². The second kappa shape index (κ2) is 7.26. The minimum absolute atomic E-state index is 0.0536. The van der Waals surface area contributed by atoms with E-state index in [1.54, 1.807) is 12.0 Å². The Balaban J connectivity index is 1.86. The largest absolute Gasteiger partial charge is 0.497 e. The maximum atomic E-state index is 12.1. The van der Waals surface area contributed by atoms with Gasteiger partial charge in [-0.15, -0.1) is 0 Å². The SMILES string of the molecule is COc1ccc(CNC(=O)C(=O)N2CC(C)OC(C)C2)cc1. The minimum Gasteiger partial charge on any atom is -0.497 e. The van der Waals surface area contributed by atoms with Gasteiger partial charge in [0.05, 0.1) is 19.3 Å². The van der Waals surface area contributed by atoms with Crippen LogP contribution in [-0.4, -0.2) is 49.1 Å². The van der Waals surface area contributed by atoms with Gasteiger partial charge in [-0.25, -0.2) is 0 Å². The van der Waals surface area contributed by atoms with E-state index >= 15 is 0 Å². The van der Waals surface area contributed by atoms with E-state index in [-0.39, 0.29) is 12.2 Å². The molecule has 1 aromatic carbocycles. The highest BCUT2D eigenvalue weighted by Crippen LogP contribution is 2.12. The lowest BCUT2D eigenvalue weighted by atomic mass is 10.2. The lowest BCUT2D eigenvalue weighted by Crippen LogP contribution is -2.52. The number of nitrogens with one attached hydrogen (secondary N) is 1. The summed E-state index contributed by atoms with van der Waals surface area (Å²) in [5, 5.41) is 2.65. The van der Waals surface area contributed by atoms with Crippen molar-refractivity contribution < 1.29 is 19.1 Å². The van der Waals surface area contributed by atoms with Crippen molar-refractivity contribution in [1.29, 1.82) is 0 Å². The monoisotopic (exact) mass is 306 g/mol. The van der Waals surface area contributed by atoms with Gasteiger partial charge in [-0.3, -0.25) is 9.59 Å². The van der Waals surface area contributed by atoms with Crippen LogP contribution in [0.3, 0.4) is 0 Å². The van der Waals surface area contributed by atoms with Crippen LogP contribution in [0, 0.1) is 0 Å². The van der Waals surface area contributed by atoms with Gasteiger partial charge < -0.3 is 19.7 Å². The Morgan fingerprint density at radius 2 is 1.82 bits per heavy atom. The Bertz CT molecular complexity index is 519. The highest BCUT2D eigenvalue weighted by molar-refractivity contribution is 6.35. The molecule has 1 aliphatic heterocycles. The number of morpholine rings is 1. The maximum Gasteiger partial charge on any atom is 0.312 e. The molecule has 1 aromatic rings. The van der Waals surface area contributed by atoms with Crippen LogP contribution in [0.1, 0.15) is 19.4 Å². The molecule has 0 radical (unpaired) electrons. The average molecular weight is 306 g/mol. The van der Waals surface area contributed by atoms with E-state index < -0.39 is 11.8 Å². The molecule has 1 saturated heterocycles. The summed E-state index contributed by atoms with van der Waals surface area (Å²) < 4.78 is 10.6. The molecule has 2 atom stereocenters. The lowest BCUT2D eigenvalue weighted by molar-refractivity contribution is -0.153. The molecule has 1 N–H and O–H groups in total. The molecule has 2 amide bonds. The summed E-state index contributed by atoms with van der Waals surface area (Å²) in [5.74, 6) is -0.338. The van der Waals surface area contributed by atoms with E-state index in [2.05, 4.69) is 5.32 Å². The van der Waals surface area contributed by atoms with Crippen LogP contribution < -0.4 is 10.1 Å². The second-order valence-electron chi connectivity index (χ2n) is 5.50. The number of rotatable bonds is 3. The van der Waals surface area contributed by atoms with Crippen LogP contribution in [0.15, 0.2) is 24.3 Å². The number of ether oxygens (including phenoxy) is 2. The number of amides is 2. The molecule has 1 fully saturated rings. The second-order valence-corrected chi connectivity index (χ2v) is 5.50. The zero-order valence-electron chi connectivity index (χ0n) is 13.2. The molecule has 1 heterocycles. The van der Waals surface area contributed by atoms with Crippen molar-refractivity contribution in [2.24, 2.45) is 0 Å². The third-order valence-corrected chi connectivity index (χ3v) is 3.51. The van der Waals surface area contributed by atoms with E-state index in [4.69, 9.17) is 9.47 Å². The standard InChI is InChI=1S/C16H22N2O4/c1-11-9-18(10-12(2)22-11)16(20)15(19)17-8-13-4-6-14(21-3)7-5-13/h4-7,11-12H,8-10H2,1-3H3,(H,17,19). The van der Waals surface area contributed by atoms with E-state index in [0.717, 1.165) is 11.3 Å². The summed E-state index contributed by atoms with van der Waals surface area (Å²) in [6, 6.07) is 7.33. The highest BCUT2D eigenvalue weighted by atomic mass is 16.5. The molecule has 6 heteroatoms. The predicted molar refractivity (Wildman–Crippen MR) is 81.4 cm³/mol. The van der Waals surface area contributed by atoms with E-state index in [0.29, 0.717) is 19.6 Å². The normalized spacial score (nSPS) is 21.3. The summed E-state index contributed by atoms with van der Waals surface area (Å²) in [7, 11) is 1.60. The fourth-order valence-corrected chi connectivity index (χ4v) is 2.49. The fourth-order valence-electron chi connectivity index (χ4n) is 2.49. The number of carbonyl (C=O) groups excluding carboxylic acids is 2. The van der Waals surface area contributed by atoms with Gasteiger partial charge in [-0.05, 0) is 31.5 Å². The first-order valence-corrected chi connectivity index (χ1v) is 7.35. The molecule has 1 aliphatic rings. The van der Waals surface area contributed by atoms with Crippen molar-refractivity contribution in [3.8, 4) is 5.75 Å². The summed E-state index contributed by atoms with van der Waals surface area (Å²) >= 11 is 0. The molecule has 2 unspecified atom stereocenters. The fraction of sp³-hybridized carbons (Fsp3) is 0.500. The van der Waals surface area contributed by atoms with Crippen molar-refractivity contribution in [3.05, 3.63) is 29.8 Å². The van der Waals surface area contributed by atoms with E-state index in [1.807, 2.05) is 38.1 Å². The number of carbonyl (C=O) groups is 2. The number of hydrogen-bond acceptors (Lipinski definition) is 4. The highest BCUT2D eigenvalue weighted by Gasteiger charge is 2.29. The maximum absolute atomic E-state index is 12.1. The van der Waals surface area contributed by atoms with Crippen LogP contribution in [0.25, 0.3) is 0 Å². The first kappa shape index (κ1) is 16.3. The van der Waals surface area contributed by atoms with Crippen molar-refractivity contribution in [2.75, 3.05) is 20.2 Å². The molecule has 0 bridgehead atoms. The number of hydrogen-bond donors (Lipinski definition) is 1. The molecule has 2 rings (SSSR count). The zero-order valence-corrected chi connectivity index (χ0v) is 13.2. The third-order valence-electron chi connectivity index (χ3n) is 3.51. The molecular formula is C16H22N2O4. The van der Waals surface area contributed by atoms with E-state index in [1.165, 1.54) is 0 Å². The van der Waals surface area contributed by atoms with Crippen LogP contribution >= 0.6 is 0 Å². The van der Waals surface area contributed by atoms with Gasteiger partial charge in [-0.1, -0.05) is 12.1 Å². The molecule has 0 spiro atoms. The number of benzene rings is 1. The summed E-state index contributed by atoms with van der Waals surface area (Å²) in [4.78, 5) is 25.7. The molecule has 0 aliphatic carbocycles. The summed E-state index contributed by atoms with van der Waals surface area (Å²) in [6.45, 7) is 4.98. The molecule has 0 saturated carbocycles. The van der Waals surface area contributed by atoms with Crippen LogP contribution in [0.5, 0.6) is 5.75 Å². The Kier molecular flexibility index (Phi) is 5.38. The van der Waals surface area contributed by atoms with E-state index in [9.17, 15) is 9.59 Å². The Morgan fingerprint density at radius 3 is 2.36 bits per heavy atom. The first-order valence-electron chi connectivity index (χ1n) is 7.35. The van der Waals surface area contributed by atoms with Crippen molar-refractivity contribution in [2.45, 2.75) is 32.6 Å². The topological polar surface area (TPSA) is 67.9 Å². The van der Waals surface area contributed by atoms with Gasteiger partial charge in [-0.2, -0.15) is 0 Å².